The second-order valence-corrected chi connectivity index (χ2v) is 7.27. The Morgan fingerprint density at radius 2 is 2.05 bits per heavy atom. The Labute approximate surface area is 134 Å². The van der Waals surface area contributed by atoms with Crippen LogP contribution in [-0.4, -0.2) is 29.8 Å². The lowest BCUT2D eigenvalue weighted by Crippen LogP contribution is -2.44. The summed E-state index contributed by atoms with van der Waals surface area (Å²) in [7, 11) is 0. The van der Waals surface area contributed by atoms with Crippen LogP contribution in [0.25, 0.3) is 0 Å². The average molecular weight is 313 g/mol. The molecule has 0 saturated carbocycles. The van der Waals surface area contributed by atoms with Gasteiger partial charge in [-0.1, -0.05) is 32.6 Å². The molecule has 2 unspecified atom stereocenters. The van der Waals surface area contributed by atoms with Crippen molar-refractivity contribution in [2.75, 3.05) is 0 Å². The van der Waals surface area contributed by atoms with E-state index in [0.29, 0.717) is 12.3 Å². The van der Waals surface area contributed by atoms with Crippen LogP contribution in [0.2, 0.25) is 0 Å². The molecule has 1 N–H and O–H groups in total. The van der Waals surface area contributed by atoms with Crippen molar-refractivity contribution in [1.29, 1.82) is 0 Å². The van der Waals surface area contributed by atoms with Crippen molar-refractivity contribution in [3.05, 3.63) is 0 Å². The van der Waals surface area contributed by atoms with Gasteiger partial charge in [0.1, 0.15) is 11.6 Å². The van der Waals surface area contributed by atoms with Gasteiger partial charge in [-0.2, -0.15) is 0 Å². The van der Waals surface area contributed by atoms with Gasteiger partial charge >= 0.3 is 12.1 Å². The molecule has 128 valence electrons. The van der Waals surface area contributed by atoms with Crippen LogP contribution in [-0.2, 0) is 14.3 Å². The smallest absolute Gasteiger partial charge is 0.408 e. The SMILES string of the molecule is CCCC1CCC[C@H](NC(=O)OC(C)(C)C)C(=O)OC(C)C1. The molecule has 0 aliphatic carbocycles. The lowest BCUT2D eigenvalue weighted by molar-refractivity contribution is -0.151. The fourth-order valence-electron chi connectivity index (χ4n) is 2.90. The normalized spacial score (nSPS) is 27.1. The topological polar surface area (TPSA) is 64.6 Å². The number of ether oxygens (including phenoxy) is 2. The zero-order chi connectivity index (χ0) is 16.8. The largest absolute Gasteiger partial charge is 0.461 e. The Kier molecular flexibility index (Phi) is 7.17. The Hall–Kier alpha value is -1.26. The third-order valence-corrected chi connectivity index (χ3v) is 3.76. The lowest BCUT2D eigenvalue weighted by atomic mass is 9.91. The van der Waals surface area contributed by atoms with Gasteiger partial charge in [0, 0.05) is 0 Å². The molecule has 1 fully saturated rings. The highest BCUT2D eigenvalue weighted by atomic mass is 16.6. The van der Waals surface area contributed by atoms with E-state index in [1.807, 2.05) is 6.92 Å². The van der Waals surface area contributed by atoms with Crippen molar-refractivity contribution in [3.8, 4) is 0 Å². The van der Waals surface area contributed by atoms with E-state index in [0.717, 1.165) is 32.1 Å². The van der Waals surface area contributed by atoms with E-state index in [1.54, 1.807) is 20.8 Å². The molecule has 5 nitrogen and oxygen atoms in total. The van der Waals surface area contributed by atoms with Crippen LogP contribution < -0.4 is 5.32 Å². The first kappa shape index (κ1) is 18.8. The minimum atomic E-state index is -0.613. The van der Waals surface area contributed by atoms with Gasteiger partial charge in [0.15, 0.2) is 0 Å². The molecule has 0 spiro atoms. The predicted octanol–water partition coefficient (Wildman–Crippen LogP) is 3.80. The molecule has 3 atom stereocenters. The third-order valence-electron chi connectivity index (χ3n) is 3.76. The van der Waals surface area contributed by atoms with Gasteiger partial charge in [-0.25, -0.2) is 9.59 Å². The van der Waals surface area contributed by atoms with Crippen LogP contribution in [0.1, 0.15) is 73.1 Å². The number of cyclic esters (lactones) is 1. The number of carbonyl (C=O) groups is 2. The number of rotatable bonds is 3. The number of amides is 1. The summed E-state index contributed by atoms with van der Waals surface area (Å²) in [6.45, 7) is 9.50. The van der Waals surface area contributed by atoms with Gasteiger partial charge in [0.2, 0.25) is 0 Å². The number of hydrogen-bond acceptors (Lipinski definition) is 4. The van der Waals surface area contributed by atoms with Crippen molar-refractivity contribution in [2.24, 2.45) is 5.92 Å². The molecule has 1 rings (SSSR count). The van der Waals surface area contributed by atoms with Crippen molar-refractivity contribution >= 4 is 12.1 Å². The molecular formula is C17H31NO4. The molecule has 1 saturated heterocycles. The van der Waals surface area contributed by atoms with Gasteiger partial charge in [0.05, 0.1) is 6.10 Å². The number of alkyl carbamates (subject to hydrolysis) is 1. The van der Waals surface area contributed by atoms with Gasteiger partial charge in [-0.15, -0.1) is 0 Å². The third kappa shape index (κ3) is 7.14. The fourth-order valence-corrected chi connectivity index (χ4v) is 2.90. The lowest BCUT2D eigenvalue weighted by Gasteiger charge is -2.23. The summed E-state index contributed by atoms with van der Waals surface area (Å²) in [5.74, 6) is 0.239. The van der Waals surface area contributed by atoms with E-state index in [1.165, 1.54) is 0 Å². The molecular weight excluding hydrogens is 282 g/mol. The Balaban J connectivity index is 2.63. The molecule has 1 aliphatic rings. The monoisotopic (exact) mass is 313 g/mol. The number of hydrogen-bond donors (Lipinski definition) is 1. The maximum atomic E-state index is 12.2. The second kappa shape index (κ2) is 8.39. The Morgan fingerprint density at radius 1 is 1.36 bits per heavy atom. The summed E-state index contributed by atoms with van der Waals surface area (Å²) in [6.07, 6.45) is 5.12. The molecule has 22 heavy (non-hydrogen) atoms. The van der Waals surface area contributed by atoms with E-state index in [-0.39, 0.29) is 12.1 Å². The van der Waals surface area contributed by atoms with Gasteiger partial charge in [-0.3, -0.25) is 0 Å². The molecule has 0 aromatic heterocycles. The van der Waals surface area contributed by atoms with Crippen LogP contribution in [0.3, 0.4) is 0 Å². The minimum absolute atomic E-state index is 0.106. The number of nitrogens with one attached hydrogen (secondary N) is 1. The van der Waals surface area contributed by atoms with Gasteiger partial charge < -0.3 is 14.8 Å². The maximum absolute atomic E-state index is 12.2. The average Bonchev–Trinajstić information content (AvgIpc) is 2.39. The molecule has 0 aromatic rings. The summed E-state index contributed by atoms with van der Waals surface area (Å²) < 4.78 is 10.7. The summed E-state index contributed by atoms with van der Waals surface area (Å²) in [6, 6.07) is -0.613. The van der Waals surface area contributed by atoms with E-state index in [4.69, 9.17) is 9.47 Å². The highest BCUT2D eigenvalue weighted by Crippen LogP contribution is 2.24. The van der Waals surface area contributed by atoms with Gasteiger partial charge in [0.25, 0.3) is 0 Å². The standard InChI is InChI=1S/C17H31NO4/c1-6-8-13-9-7-10-14(15(19)21-12(2)11-13)18-16(20)22-17(3,4)5/h12-14H,6-11H2,1-5H3,(H,18,20)/t12?,13?,14-/m0/s1. The number of esters is 1. The molecule has 0 bridgehead atoms. The first-order valence-corrected chi connectivity index (χ1v) is 8.41. The van der Waals surface area contributed by atoms with Crippen LogP contribution in [0.4, 0.5) is 4.79 Å². The molecule has 0 aromatic carbocycles. The van der Waals surface area contributed by atoms with E-state index < -0.39 is 17.7 Å². The molecule has 1 aliphatic heterocycles. The van der Waals surface area contributed by atoms with E-state index in [2.05, 4.69) is 12.2 Å². The predicted molar refractivity (Wildman–Crippen MR) is 85.6 cm³/mol. The number of carbonyl (C=O) groups excluding carboxylic acids is 2. The van der Waals surface area contributed by atoms with Crippen molar-refractivity contribution < 1.29 is 19.1 Å². The minimum Gasteiger partial charge on any atom is -0.461 e. The fraction of sp³-hybridized carbons (Fsp3) is 0.882. The van der Waals surface area contributed by atoms with Crippen molar-refractivity contribution in [3.63, 3.8) is 0 Å². The zero-order valence-electron chi connectivity index (χ0n) is 14.6. The molecule has 5 heteroatoms. The van der Waals surface area contributed by atoms with Crippen LogP contribution in [0.5, 0.6) is 0 Å². The Morgan fingerprint density at radius 3 is 2.64 bits per heavy atom. The highest BCUT2D eigenvalue weighted by Gasteiger charge is 2.28. The molecule has 1 amide bonds. The highest BCUT2D eigenvalue weighted by molar-refractivity contribution is 5.81. The summed E-state index contributed by atoms with van der Waals surface area (Å²) >= 11 is 0. The Bertz CT molecular complexity index is 375. The quantitative estimate of drug-likeness (QED) is 0.805. The zero-order valence-corrected chi connectivity index (χ0v) is 14.6. The molecule has 1 heterocycles. The first-order valence-electron chi connectivity index (χ1n) is 8.41. The van der Waals surface area contributed by atoms with Crippen molar-refractivity contribution in [2.45, 2.75) is 90.9 Å². The van der Waals surface area contributed by atoms with Crippen LogP contribution in [0.15, 0.2) is 0 Å². The van der Waals surface area contributed by atoms with Gasteiger partial charge in [-0.05, 0) is 46.5 Å². The van der Waals surface area contributed by atoms with Crippen LogP contribution in [0, 0.1) is 5.92 Å². The van der Waals surface area contributed by atoms with Crippen molar-refractivity contribution in [1.82, 2.24) is 5.32 Å². The summed E-state index contributed by atoms with van der Waals surface area (Å²) in [5.41, 5.74) is -0.577. The maximum Gasteiger partial charge on any atom is 0.408 e. The second-order valence-electron chi connectivity index (χ2n) is 7.27. The first-order chi connectivity index (χ1) is 10.2. The van der Waals surface area contributed by atoms with Crippen LogP contribution >= 0.6 is 0 Å². The summed E-state index contributed by atoms with van der Waals surface area (Å²) in [5, 5.41) is 2.65. The van der Waals surface area contributed by atoms with E-state index >= 15 is 0 Å². The summed E-state index contributed by atoms with van der Waals surface area (Å²) in [4.78, 5) is 24.1. The molecule has 0 radical (unpaired) electrons. The van der Waals surface area contributed by atoms with E-state index in [9.17, 15) is 9.59 Å².